The van der Waals surface area contributed by atoms with Gasteiger partial charge in [0.25, 0.3) is 0 Å². The molecule has 1 aliphatic rings. The maximum Gasteiger partial charge on any atom is 0.407 e. The summed E-state index contributed by atoms with van der Waals surface area (Å²) in [6.45, 7) is 6.06. The molecule has 0 spiro atoms. The topological polar surface area (TPSA) is 38.3 Å². The van der Waals surface area contributed by atoms with Crippen molar-refractivity contribution in [3.8, 4) is 11.1 Å². The van der Waals surface area contributed by atoms with Crippen molar-refractivity contribution in [1.82, 2.24) is 5.32 Å². The van der Waals surface area contributed by atoms with Crippen molar-refractivity contribution >= 4 is 6.09 Å². The van der Waals surface area contributed by atoms with Gasteiger partial charge >= 0.3 is 6.09 Å². The summed E-state index contributed by atoms with van der Waals surface area (Å²) in [6.07, 6.45) is 8.94. The molecule has 1 amide bonds. The van der Waals surface area contributed by atoms with E-state index >= 15 is 0 Å². The van der Waals surface area contributed by atoms with E-state index in [9.17, 15) is 4.79 Å². The van der Waals surface area contributed by atoms with Gasteiger partial charge < -0.3 is 10.1 Å². The summed E-state index contributed by atoms with van der Waals surface area (Å²) < 4.78 is 5.52. The number of ether oxygens (including phenoxy) is 1. The lowest BCUT2D eigenvalue weighted by Gasteiger charge is -2.14. The Morgan fingerprint density at radius 2 is 1.46 bits per heavy atom. The van der Waals surface area contributed by atoms with E-state index in [1.54, 1.807) is 0 Å². The average Bonchev–Trinajstić information content (AvgIpc) is 3.05. The molecule has 0 saturated heterocycles. The van der Waals surface area contributed by atoms with E-state index < -0.39 is 0 Å². The monoisotopic (exact) mass is 377 g/mol. The lowest BCUT2D eigenvalue weighted by Crippen LogP contribution is -2.23. The fourth-order valence-corrected chi connectivity index (χ4v) is 3.93. The second kappa shape index (κ2) is 10.9. The first-order valence-corrected chi connectivity index (χ1v) is 10.5. The second-order valence-corrected chi connectivity index (χ2v) is 7.44. The van der Waals surface area contributed by atoms with Crippen LogP contribution in [0.4, 0.5) is 4.79 Å². The first kappa shape index (κ1) is 20.4. The van der Waals surface area contributed by atoms with Crippen LogP contribution in [0.25, 0.3) is 11.1 Å². The van der Waals surface area contributed by atoms with Crippen molar-refractivity contribution in [2.75, 3.05) is 6.61 Å². The van der Waals surface area contributed by atoms with E-state index in [-0.39, 0.29) is 12.0 Å². The number of unbranched alkanes of at least 4 members (excludes halogenated alkanes) is 7. The molecule has 3 rings (SSSR count). The highest BCUT2D eigenvalue weighted by Gasteiger charge is 2.28. The molecule has 0 unspecified atom stereocenters. The molecule has 3 nitrogen and oxygen atoms in total. The Kier molecular flexibility index (Phi) is 7.95. The molecular weight excluding hydrogens is 346 g/mol. The maximum atomic E-state index is 12.1. The minimum Gasteiger partial charge on any atom is -0.449 e. The first-order chi connectivity index (χ1) is 13.8. The second-order valence-electron chi connectivity index (χ2n) is 7.44. The van der Waals surface area contributed by atoms with Gasteiger partial charge in [-0.2, -0.15) is 0 Å². The Morgan fingerprint density at radius 1 is 0.893 bits per heavy atom. The molecule has 0 atom stereocenters. The van der Waals surface area contributed by atoms with Gasteiger partial charge in [-0.3, -0.25) is 0 Å². The number of alkyl carbamates (subject to hydrolysis) is 1. The normalized spacial score (nSPS) is 12.5. The molecule has 3 heteroatoms. The summed E-state index contributed by atoms with van der Waals surface area (Å²) in [5.41, 5.74) is 4.96. The molecule has 1 N–H and O–H groups in total. The van der Waals surface area contributed by atoms with E-state index in [0.29, 0.717) is 6.61 Å². The number of carbonyl (C=O) groups excluding carboxylic acids is 1. The van der Waals surface area contributed by atoms with Gasteiger partial charge in [-0.25, -0.2) is 4.79 Å². The summed E-state index contributed by atoms with van der Waals surface area (Å²) in [5, 5.41) is 2.77. The zero-order valence-corrected chi connectivity index (χ0v) is 16.7. The fourth-order valence-electron chi connectivity index (χ4n) is 3.93. The van der Waals surface area contributed by atoms with Crippen LogP contribution in [0, 0.1) is 13.5 Å². The third-order valence-electron chi connectivity index (χ3n) is 5.41. The predicted octanol–water partition coefficient (Wildman–Crippen LogP) is 6.64. The number of benzene rings is 2. The zero-order valence-electron chi connectivity index (χ0n) is 16.7. The smallest absolute Gasteiger partial charge is 0.407 e. The number of amides is 1. The highest BCUT2D eigenvalue weighted by atomic mass is 16.5. The van der Waals surface area contributed by atoms with E-state index in [1.165, 1.54) is 54.4 Å². The van der Waals surface area contributed by atoms with Crippen molar-refractivity contribution < 1.29 is 9.53 Å². The molecule has 0 heterocycles. The van der Waals surface area contributed by atoms with Gasteiger partial charge in [0.15, 0.2) is 0 Å². The van der Waals surface area contributed by atoms with Gasteiger partial charge in [0.1, 0.15) is 6.61 Å². The van der Waals surface area contributed by atoms with Gasteiger partial charge in [-0.1, -0.05) is 100 Å². The van der Waals surface area contributed by atoms with Crippen LogP contribution < -0.4 is 5.32 Å². The molecule has 0 fully saturated rings. The van der Waals surface area contributed by atoms with Crippen molar-refractivity contribution in [1.29, 1.82) is 0 Å². The highest BCUT2D eigenvalue weighted by Crippen LogP contribution is 2.44. The summed E-state index contributed by atoms with van der Waals surface area (Å²) in [4.78, 5) is 12.1. The summed E-state index contributed by atoms with van der Waals surface area (Å²) in [5.74, 6) is 0.108. The van der Waals surface area contributed by atoms with Crippen molar-refractivity contribution in [3.05, 3.63) is 73.1 Å². The van der Waals surface area contributed by atoms with Crippen LogP contribution in [0.2, 0.25) is 0 Å². The molecule has 2 aromatic rings. The Morgan fingerprint density at radius 3 is 2.11 bits per heavy atom. The third kappa shape index (κ3) is 5.37. The molecule has 1 aliphatic carbocycles. The largest absolute Gasteiger partial charge is 0.449 e. The van der Waals surface area contributed by atoms with Gasteiger partial charge in [-0.15, -0.1) is 0 Å². The fraction of sp³-hybridized carbons (Fsp3) is 0.400. The molecule has 28 heavy (non-hydrogen) atoms. The first-order valence-electron chi connectivity index (χ1n) is 10.5. The van der Waals surface area contributed by atoms with E-state index in [1.807, 2.05) is 18.7 Å². The quantitative estimate of drug-likeness (QED) is 0.446. The predicted molar refractivity (Wildman–Crippen MR) is 115 cm³/mol. The number of carbonyl (C=O) groups is 1. The molecule has 0 saturated carbocycles. The molecule has 0 aromatic heterocycles. The van der Waals surface area contributed by atoms with Gasteiger partial charge in [0, 0.05) is 5.92 Å². The summed E-state index contributed by atoms with van der Waals surface area (Å²) in [6, 6.07) is 16.7. The Labute approximate surface area is 169 Å². The number of hydrogen-bond donors (Lipinski definition) is 1. The number of fused-ring (bicyclic) bond motifs is 3. The summed E-state index contributed by atoms with van der Waals surface area (Å²) >= 11 is 0. The molecule has 0 aliphatic heterocycles. The summed E-state index contributed by atoms with van der Waals surface area (Å²) in [7, 11) is 0. The molecule has 148 valence electrons. The zero-order chi connectivity index (χ0) is 19.6. The number of hydrogen-bond acceptors (Lipinski definition) is 2. The SMILES string of the molecule is [CH2]CCCCCCCC[CH]NC(=O)OCC1c2ccccc2-c2ccccc21. The van der Waals surface area contributed by atoms with E-state index in [0.717, 1.165) is 19.3 Å². The van der Waals surface area contributed by atoms with Crippen LogP contribution in [-0.2, 0) is 4.74 Å². The van der Waals surface area contributed by atoms with Crippen LogP contribution in [0.1, 0.15) is 68.4 Å². The van der Waals surface area contributed by atoms with Crippen LogP contribution in [0.15, 0.2) is 48.5 Å². The van der Waals surface area contributed by atoms with Gasteiger partial charge in [-0.05, 0) is 28.7 Å². The lowest BCUT2D eigenvalue weighted by atomic mass is 9.98. The van der Waals surface area contributed by atoms with E-state index in [4.69, 9.17) is 4.74 Å². The van der Waals surface area contributed by atoms with Crippen LogP contribution >= 0.6 is 0 Å². The van der Waals surface area contributed by atoms with Crippen LogP contribution in [0.3, 0.4) is 0 Å². The number of nitrogens with one attached hydrogen (secondary N) is 1. The van der Waals surface area contributed by atoms with Crippen LogP contribution in [0.5, 0.6) is 0 Å². The Bertz CT molecular complexity index is 710. The van der Waals surface area contributed by atoms with Crippen molar-refractivity contribution in [2.45, 2.75) is 57.3 Å². The van der Waals surface area contributed by atoms with Gasteiger partial charge in [0.2, 0.25) is 0 Å². The van der Waals surface area contributed by atoms with E-state index in [2.05, 4.69) is 48.6 Å². The van der Waals surface area contributed by atoms with Crippen molar-refractivity contribution in [3.63, 3.8) is 0 Å². The Balaban J connectivity index is 1.37. The number of rotatable bonds is 11. The highest BCUT2D eigenvalue weighted by molar-refractivity contribution is 5.79. The standard InChI is InChI=1S/C25H31NO2/c1-2-3-4-5-6-7-8-13-18-26-25(27)28-19-24-22-16-11-9-14-20(22)21-15-10-12-17-23(21)24/h9-12,14-18,24H,1-8,13,19H2,(H,26,27). The molecular formula is C25H31NO2. The van der Waals surface area contributed by atoms with Gasteiger partial charge in [0.05, 0.1) is 6.54 Å². The average molecular weight is 378 g/mol. The third-order valence-corrected chi connectivity index (χ3v) is 5.41. The minimum atomic E-state index is -0.364. The lowest BCUT2D eigenvalue weighted by molar-refractivity contribution is 0.145. The van der Waals surface area contributed by atoms with Crippen LogP contribution in [-0.4, -0.2) is 12.7 Å². The Hall–Kier alpha value is -2.29. The molecule has 2 aromatic carbocycles. The molecule has 2 radical (unpaired) electrons. The molecule has 0 bridgehead atoms. The van der Waals surface area contributed by atoms with Crippen molar-refractivity contribution in [2.24, 2.45) is 0 Å². The maximum absolute atomic E-state index is 12.1. The minimum absolute atomic E-state index is 0.108.